The fraction of sp³-hybridized carbons (Fsp3) is 0.261. The Labute approximate surface area is 174 Å². The van der Waals surface area contributed by atoms with E-state index in [2.05, 4.69) is 15.6 Å². The monoisotopic (exact) mass is 404 g/mol. The summed E-state index contributed by atoms with van der Waals surface area (Å²) in [5.74, 6) is -0.690. The average Bonchev–Trinajstić information content (AvgIpc) is 3.29. The Bertz CT molecular complexity index is 1060. The zero-order valence-electron chi connectivity index (χ0n) is 16.6. The minimum absolute atomic E-state index is 0.264. The molecule has 30 heavy (non-hydrogen) atoms. The van der Waals surface area contributed by atoms with E-state index < -0.39 is 12.1 Å². The zero-order chi connectivity index (χ0) is 20.9. The lowest BCUT2D eigenvalue weighted by molar-refractivity contribution is -0.132. The molecular weight excluding hydrogens is 380 g/mol. The second-order valence-electron chi connectivity index (χ2n) is 7.41. The van der Waals surface area contributed by atoms with Gasteiger partial charge in [-0.25, -0.2) is 4.79 Å². The third kappa shape index (κ3) is 4.35. The molecule has 1 aromatic heterocycles. The summed E-state index contributed by atoms with van der Waals surface area (Å²) >= 11 is 0. The first kappa shape index (κ1) is 19.7. The second-order valence-corrected chi connectivity index (χ2v) is 7.41. The van der Waals surface area contributed by atoms with Crippen LogP contribution in [0.3, 0.4) is 0 Å². The number of aromatic amines is 1. The van der Waals surface area contributed by atoms with Crippen molar-refractivity contribution in [2.45, 2.75) is 25.3 Å². The van der Waals surface area contributed by atoms with Crippen molar-refractivity contribution in [3.05, 3.63) is 71.9 Å². The molecule has 3 aromatic rings. The van der Waals surface area contributed by atoms with Gasteiger partial charge in [-0.2, -0.15) is 0 Å². The normalized spacial score (nSPS) is 16.1. The number of aryl methyl sites for hydroxylation is 1. The van der Waals surface area contributed by atoms with Crippen LogP contribution in [0.5, 0.6) is 0 Å². The molecule has 0 spiro atoms. The molecular formula is C23H24N4O3. The maximum absolute atomic E-state index is 12.5. The van der Waals surface area contributed by atoms with Crippen LogP contribution in [0, 0.1) is 0 Å². The Morgan fingerprint density at radius 1 is 1.00 bits per heavy atom. The quantitative estimate of drug-likeness (QED) is 0.503. The first-order valence-electron chi connectivity index (χ1n) is 10.1. The molecule has 2 aromatic carbocycles. The van der Waals surface area contributed by atoms with Crippen molar-refractivity contribution in [2.75, 3.05) is 13.1 Å². The molecule has 0 aliphatic carbocycles. The summed E-state index contributed by atoms with van der Waals surface area (Å²) < 4.78 is 0. The van der Waals surface area contributed by atoms with Crippen molar-refractivity contribution >= 4 is 28.7 Å². The van der Waals surface area contributed by atoms with Crippen LogP contribution in [0.15, 0.2) is 60.8 Å². The lowest BCUT2D eigenvalue weighted by atomic mass is 10.1. The summed E-state index contributed by atoms with van der Waals surface area (Å²) in [5.41, 5.74) is 3.27. The first-order chi connectivity index (χ1) is 14.6. The van der Waals surface area contributed by atoms with Gasteiger partial charge >= 0.3 is 6.03 Å². The number of nitrogens with zero attached hydrogens (tertiary/aromatic N) is 1. The SMILES string of the molecule is O=C(CN1C(=O)NC(CCc2ccccc2)C1=O)NCCc1c[nH]c2ccccc12. The van der Waals surface area contributed by atoms with Crippen LogP contribution in [-0.2, 0) is 22.4 Å². The number of nitrogens with one attached hydrogen (secondary N) is 3. The van der Waals surface area contributed by atoms with Crippen LogP contribution in [0.1, 0.15) is 17.5 Å². The van der Waals surface area contributed by atoms with Gasteiger partial charge in [-0.1, -0.05) is 48.5 Å². The molecule has 7 heteroatoms. The molecule has 4 rings (SSSR count). The predicted molar refractivity (Wildman–Crippen MR) is 114 cm³/mol. The van der Waals surface area contributed by atoms with E-state index in [9.17, 15) is 14.4 Å². The Morgan fingerprint density at radius 2 is 1.77 bits per heavy atom. The number of benzene rings is 2. The average molecular weight is 404 g/mol. The van der Waals surface area contributed by atoms with Crippen molar-refractivity contribution in [1.82, 2.24) is 20.5 Å². The molecule has 0 saturated carbocycles. The number of urea groups is 1. The fourth-order valence-electron chi connectivity index (χ4n) is 3.75. The van der Waals surface area contributed by atoms with E-state index in [0.717, 1.165) is 26.9 Å². The van der Waals surface area contributed by atoms with Crippen molar-refractivity contribution in [1.29, 1.82) is 0 Å². The molecule has 1 aliphatic heterocycles. The molecule has 1 atom stereocenters. The molecule has 0 radical (unpaired) electrons. The lowest BCUT2D eigenvalue weighted by Gasteiger charge is -2.13. The molecule has 7 nitrogen and oxygen atoms in total. The minimum atomic E-state index is -0.586. The maximum Gasteiger partial charge on any atom is 0.325 e. The van der Waals surface area contributed by atoms with E-state index in [1.54, 1.807) is 0 Å². The van der Waals surface area contributed by atoms with Crippen molar-refractivity contribution in [3.8, 4) is 0 Å². The van der Waals surface area contributed by atoms with Crippen LogP contribution < -0.4 is 10.6 Å². The number of rotatable bonds is 8. The highest BCUT2D eigenvalue weighted by Crippen LogP contribution is 2.17. The van der Waals surface area contributed by atoms with Gasteiger partial charge in [-0.05, 0) is 36.5 Å². The van der Waals surface area contributed by atoms with Crippen LogP contribution >= 0.6 is 0 Å². The number of H-pyrrole nitrogens is 1. The van der Waals surface area contributed by atoms with Gasteiger partial charge in [-0.15, -0.1) is 0 Å². The van der Waals surface area contributed by atoms with Crippen LogP contribution in [0.25, 0.3) is 10.9 Å². The van der Waals surface area contributed by atoms with Gasteiger partial charge in [0.15, 0.2) is 0 Å². The smallest absolute Gasteiger partial charge is 0.325 e. The highest BCUT2D eigenvalue weighted by molar-refractivity contribution is 6.06. The Balaban J connectivity index is 1.25. The maximum atomic E-state index is 12.5. The van der Waals surface area contributed by atoms with E-state index in [1.165, 1.54) is 0 Å². The molecule has 3 N–H and O–H groups in total. The molecule has 1 fully saturated rings. The minimum Gasteiger partial charge on any atom is -0.361 e. The molecule has 1 aliphatic rings. The standard InChI is InChI=1S/C23H24N4O3/c28-21(24-13-12-17-14-25-19-9-5-4-8-18(17)19)15-27-22(29)20(26-23(27)30)11-10-16-6-2-1-3-7-16/h1-9,14,20,25H,10-13,15H2,(H,24,28)(H,26,30). The van der Waals surface area contributed by atoms with Gasteiger partial charge in [0.25, 0.3) is 5.91 Å². The summed E-state index contributed by atoms with van der Waals surface area (Å²) in [6.07, 6.45) is 3.79. The predicted octanol–water partition coefficient (Wildman–Crippen LogP) is 2.38. The van der Waals surface area contributed by atoms with Crippen molar-refractivity contribution < 1.29 is 14.4 Å². The molecule has 0 bridgehead atoms. The van der Waals surface area contributed by atoms with Crippen LogP contribution in [0.2, 0.25) is 0 Å². The third-order valence-corrected chi connectivity index (χ3v) is 5.36. The summed E-state index contributed by atoms with van der Waals surface area (Å²) in [4.78, 5) is 41.2. The number of hydrogen-bond donors (Lipinski definition) is 3. The van der Waals surface area contributed by atoms with Gasteiger partial charge in [0.1, 0.15) is 12.6 Å². The van der Waals surface area contributed by atoms with Gasteiger partial charge < -0.3 is 15.6 Å². The van der Waals surface area contributed by atoms with Gasteiger partial charge in [0.05, 0.1) is 0 Å². The topological polar surface area (TPSA) is 94.3 Å². The summed E-state index contributed by atoms with van der Waals surface area (Å²) in [7, 11) is 0. The summed E-state index contributed by atoms with van der Waals surface area (Å²) in [6, 6.07) is 16.7. The molecule has 4 amide bonds. The Kier molecular flexibility index (Phi) is 5.79. The lowest BCUT2D eigenvalue weighted by Crippen LogP contribution is -2.41. The molecule has 2 heterocycles. The van der Waals surface area contributed by atoms with E-state index in [1.807, 2.05) is 60.8 Å². The van der Waals surface area contributed by atoms with Gasteiger partial charge in [-0.3, -0.25) is 14.5 Å². The first-order valence-corrected chi connectivity index (χ1v) is 10.1. The van der Waals surface area contributed by atoms with E-state index in [0.29, 0.717) is 25.8 Å². The van der Waals surface area contributed by atoms with Crippen LogP contribution in [0.4, 0.5) is 4.79 Å². The number of para-hydroxylation sites is 1. The van der Waals surface area contributed by atoms with Crippen molar-refractivity contribution in [2.24, 2.45) is 0 Å². The Morgan fingerprint density at radius 3 is 2.60 bits per heavy atom. The number of imide groups is 1. The van der Waals surface area contributed by atoms with Gasteiger partial charge in [0.2, 0.25) is 5.91 Å². The summed E-state index contributed by atoms with van der Waals surface area (Å²) in [5, 5.41) is 6.61. The van der Waals surface area contributed by atoms with Gasteiger partial charge in [0, 0.05) is 23.6 Å². The highest BCUT2D eigenvalue weighted by Gasteiger charge is 2.38. The number of aromatic nitrogens is 1. The number of amides is 4. The number of carbonyl (C=O) groups is 3. The third-order valence-electron chi connectivity index (χ3n) is 5.36. The molecule has 154 valence electrons. The fourth-order valence-corrected chi connectivity index (χ4v) is 3.75. The van der Waals surface area contributed by atoms with Crippen molar-refractivity contribution in [3.63, 3.8) is 0 Å². The highest BCUT2D eigenvalue weighted by atomic mass is 16.2. The second kappa shape index (κ2) is 8.82. The van der Waals surface area contributed by atoms with E-state index >= 15 is 0 Å². The Hall–Kier alpha value is -3.61. The van der Waals surface area contributed by atoms with Crippen LogP contribution in [-0.4, -0.2) is 46.9 Å². The number of fused-ring (bicyclic) bond motifs is 1. The van der Waals surface area contributed by atoms with E-state index in [4.69, 9.17) is 0 Å². The zero-order valence-corrected chi connectivity index (χ0v) is 16.6. The van der Waals surface area contributed by atoms with E-state index in [-0.39, 0.29) is 18.4 Å². The largest absolute Gasteiger partial charge is 0.361 e. The molecule has 1 unspecified atom stereocenters. The summed E-state index contributed by atoms with van der Waals surface area (Å²) in [6.45, 7) is 0.169. The molecule has 1 saturated heterocycles. The number of hydrogen-bond acceptors (Lipinski definition) is 3. The number of carbonyl (C=O) groups excluding carboxylic acids is 3.